The smallest absolute Gasteiger partial charge is 0.278 e. The van der Waals surface area contributed by atoms with Gasteiger partial charge in [0.2, 0.25) is 5.95 Å². The molecule has 0 radical (unpaired) electrons. The van der Waals surface area contributed by atoms with Crippen LogP contribution in [0.3, 0.4) is 0 Å². The Labute approximate surface area is 153 Å². The zero-order valence-corrected chi connectivity index (χ0v) is 15.7. The minimum absolute atomic E-state index is 0.0328. The van der Waals surface area contributed by atoms with Gasteiger partial charge in [0.05, 0.1) is 11.3 Å². The third-order valence-corrected chi connectivity index (χ3v) is 5.37. The summed E-state index contributed by atoms with van der Waals surface area (Å²) in [4.78, 5) is 28.7. The van der Waals surface area contributed by atoms with Crippen LogP contribution in [0.15, 0.2) is 4.79 Å². The zero-order valence-electron chi connectivity index (χ0n) is 15.7. The number of hydrogen-bond donors (Lipinski definition) is 2. The second-order valence-corrected chi connectivity index (χ2v) is 7.46. The highest BCUT2D eigenvalue weighted by Crippen LogP contribution is 2.13. The first-order chi connectivity index (χ1) is 12.6. The zero-order chi connectivity index (χ0) is 18.1. The maximum Gasteiger partial charge on any atom is 0.278 e. The van der Waals surface area contributed by atoms with Gasteiger partial charge in [-0.1, -0.05) is 0 Å². The lowest BCUT2D eigenvalue weighted by Gasteiger charge is -2.32. The minimum Gasteiger partial charge on any atom is -0.355 e. The standard InChI is InChI=1S/C17H28N8O/c1-22-8-10-24(11-9-22)6-3-5-18-16-20-17-19-14-4-7-23(2)12-13(14)15(26)25(17)21-16/h3-12H2,1-2H3,(H2,18,19,20,21). The van der Waals surface area contributed by atoms with Crippen molar-refractivity contribution >= 4 is 11.7 Å². The van der Waals surface area contributed by atoms with Crippen molar-refractivity contribution in [2.75, 3.05) is 65.2 Å². The predicted molar refractivity (Wildman–Crippen MR) is 101 cm³/mol. The number of anilines is 1. The lowest BCUT2D eigenvalue weighted by atomic mass is 10.1. The van der Waals surface area contributed by atoms with E-state index in [4.69, 9.17) is 0 Å². The van der Waals surface area contributed by atoms with Crippen molar-refractivity contribution in [3.05, 3.63) is 21.6 Å². The Balaban J connectivity index is 1.37. The van der Waals surface area contributed by atoms with E-state index in [1.54, 1.807) is 0 Å². The molecule has 0 saturated carbocycles. The number of rotatable bonds is 5. The third kappa shape index (κ3) is 3.60. The Bertz CT molecular complexity index is 820. The second kappa shape index (κ2) is 7.34. The van der Waals surface area contributed by atoms with Gasteiger partial charge in [-0.3, -0.25) is 9.89 Å². The second-order valence-electron chi connectivity index (χ2n) is 7.46. The summed E-state index contributed by atoms with van der Waals surface area (Å²) < 4.78 is 1.46. The summed E-state index contributed by atoms with van der Waals surface area (Å²) in [5.74, 6) is 1.07. The molecule has 9 heteroatoms. The first-order valence-electron chi connectivity index (χ1n) is 9.44. The molecule has 0 unspecified atom stereocenters. The van der Waals surface area contributed by atoms with E-state index in [-0.39, 0.29) is 5.56 Å². The Morgan fingerprint density at radius 3 is 2.69 bits per heavy atom. The van der Waals surface area contributed by atoms with Crippen LogP contribution < -0.4 is 10.9 Å². The summed E-state index contributed by atoms with van der Waals surface area (Å²) in [7, 11) is 4.20. The number of nitrogens with one attached hydrogen (secondary N) is 2. The number of likely N-dealkylation sites (N-methyl/N-ethyl adjacent to an activating group) is 2. The predicted octanol–water partition coefficient (Wildman–Crippen LogP) is -0.545. The van der Waals surface area contributed by atoms with Crippen molar-refractivity contribution in [2.24, 2.45) is 0 Å². The average molecular weight is 360 g/mol. The van der Waals surface area contributed by atoms with Crippen LogP contribution in [0.5, 0.6) is 0 Å². The fourth-order valence-corrected chi connectivity index (χ4v) is 3.67. The highest BCUT2D eigenvalue weighted by atomic mass is 16.1. The van der Waals surface area contributed by atoms with Crippen LogP contribution in [0.2, 0.25) is 0 Å². The maximum absolute atomic E-state index is 12.7. The molecule has 0 atom stereocenters. The van der Waals surface area contributed by atoms with E-state index >= 15 is 0 Å². The van der Waals surface area contributed by atoms with Crippen molar-refractivity contribution in [1.82, 2.24) is 34.3 Å². The first-order valence-corrected chi connectivity index (χ1v) is 9.44. The number of aromatic amines is 1. The van der Waals surface area contributed by atoms with Crippen molar-refractivity contribution < 1.29 is 0 Å². The molecule has 0 amide bonds. The molecule has 4 rings (SSSR count). The van der Waals surface area contributed by atoms with E-state index in [1.807, 2.05) is 7.05 Å². The van der Waals surface area contributed by atoms with Gasteiger partial charge in [-0.05, 0) is 27.1 Å². The van der Waals surface area contributed by atoms with E-state index in [9.17, 15) is 4.79 Å². The summed E-state index contributed by atoms with van der Waals surface area (Å²) >= 11 is 0. The van der Waals surface area contributed by atoms with Crippen LogP contribution in [-0.4, -0.2) is 94.2 Å². The van der Waals surface area contributed by atoms with Crippen LogP contribution >= 0.6 is 0 Å². The highest BCUT2D eigenvalue weighted by Gasteiger charge is 2.21. The van der Waals surface area contributed by atoms with E-state index in [0.29, 0.717) is 18.3 Å². The van der Waals surface area contributed by atoms with Crippen LogP contribution in [-0.2, 0) is 13.0 Å². The first kappa shape index (κ1) is 17.4. The van der Waals surface area contributed by atoms with Crippen molar-refractivity contribution in [2.45, 2.75) is 19.4 Å². The van der Waals surface area contributed by atoms with Crippen LogP contribution in [0.1, 0.15) is 17.7 Å². The van der Waals surface area contributed by atoms with Gasteiger partial charge in [0, 0.05) is 52.2 Å². The molecule has 2 N–H and O–H groups in total. The van der Waals surface area contributed by atoms with Crippen LogP contribution in [0.25, 0.3) is 5.78 Å². The molecule has 0 aromatic carbocycles. The lowest BCUT2D eigenvalue weighted by Crippen LogP contribution is -2.44. The van der Waals surface area contributed by atoms with Gasteiger partial charge in [-0.15, -0.1) is 0 Å². The summed E-state index contributed by atoms with van der Waals surface area (Å²) in [5, 5.41) is 6.35. The number of hydrogen-bond acceptors (Lipinski definition) is 7. The van der Waals surface area contributed by atoms with Gasteiger partial charge < -0.3 is 20.0 Å². The number of piperazine rings is 1. The topological polar surface area (TPSA) is 84.8 Å². The Hall–Kier alpha value is -1.97. The fraction of sp³-hybridized carbons (Fsp3) is 0.706. The minimum atomic E-state index is -0.0328. The van der Waals surface area contributed by atoms with Crippen molar-refractivity contribution in [1.29, 1.82) is 0 Å². The largest absolute Gasteiger partial charge is 0.355 e. The summed E-state index contributed by atoms with van der Waals surface area (Å²) in [6.07, 6.45) is 1.85. The molecule has 142 valence electrons. The van der Waals surface area contributed by atoms with E-state index in [0.717, 1.165) is 69.9 Å². The molecule has 26 heavy (non-hydrogen) atoms. The molecule has 4 heterocycles. The average Bonchev–Trinajstić information content (AvgIpc) is 3.04. The van der Waals surface area contributed by atoms with Gasteiger partial charge in [-0.25, -0.2) is 4.98 Å². The maximum atomic E-state index is 12.7. The van der Waals surface area contributed by atoms with Gasteiger partial charge >= 0.3 is 0 Å². The number of aromatic nitrogens is 4. The number of nitrogens with zero attached hydrogens (tertiary/aromatic N) is 6. The molecule has 1 saturated heterocycles. The van der Waals surface area contributed by atoms with Crippen molar-refractivity contribution in [3.63, 3.8) is 0 Å². The molecule has 0 spiro atoms. The normalized spacial score (nSPS) is 19.8. The van der Waals surface area contributed by atoms with Crippen molar-refractivity contribution in [3.8, 4) is 0 Å². The summed E-state index contributed by atoms with van der Waals surface area (Å²) in [5.41, 5.74) is 1.64. The third-order valence-electron chi connectivity index (χ3n) is 5.37. The van der Waals surface area contributed by atoms with Gasteiger partial charge in [0.15, 0.2) is 0 Å². The SMILES string of the molecule is CN1CCN(CCCNc2nc3nc4c(c(=O)n3[nH]2)CN(C)CC4)CC1. The summed E-state index contributed by atoms with van der Waals surface area (Å²) in [6.45, 7) is 8.05. The van der Waals surface area contributed by atoms with E-state index in [1.165, 1.54) is 4.52 Å². The molecular formula is C17H28N8O. The molecule has 1 fully saturated rings. The molecule has 0 aliphatic carbocycles. The number of H-pyrrole nitrogens is 1. The van der Waals surface area contributed by atoms with Gasteiger partial charge in [-0.2, -0.15) is 9.50 Å². The molecule has 2 aliphatic rings. The fourth-order valence-electron chi connectivity index (χ4n) is 3.67. The molecule has 2 aromatic heterocycles. The highest BCUT2D eigenvalue weighted by molar-refractivity contribution is 5.39. The quantitative estimate of drug-likeness (QED) is 0.693. The summed E-state index contributed by atoms with van der Waals surface area (Å²) in [6, 6.07) is 0. The molecule has 2 aromatic rings. The molecule has 2 aliphatic heterocycles. The van der Waals surface area contributed by atoms with Gasteiger partial charge in [0.1, 0.15) is 0 Å². The lowest BCUT2D eigenvalue weighted by molar-refractivity contribution is 0.154. The Kier molecular flexibility index (Phi) is 4.92. The van der Waals surface area contributed by atoms with E-state index in [2.05, 4.69) is 42.1 Å². The molecule has 0 bridgehead atoms. The molecule has 9 nitrogen and oxygen atoms in total. The molecular weight excluding hydrogens is 332 g/mol. The van der Waals surface area contributed by atoms with Gasteiger partial charge in [0.25, 0.3) is 11.3 Å². The van der Waals surface area contributed by atoms with Crippen LogP contribution in [0.4, 0.5) is 5.95 Å². The Morgan fingerprint density at radius 1 is 1.08 bits per heavy atom. The van der Waals surface area contributed by atoms with Crippen LogP contribution in [0, 0.1) is 0 Å². The Morgan fingerprint density at radius 2 is 1.88 bits per heavy atom. The number of fused-ring (bicyclic) bond motifs is 2. The monoisotopic (exact) mass is 360 g/mol. The van der Waals surface area contributed by atoms with E-state index < -0.39 is 0 Å².